The molecule has 24 heavy (non-hydrogen) atoms. The lowest BCUT2D eigenvalue weighted by atomic mass is 10.0. The number of Topliss-reactive ketones (excluding diaryl/α,β-unsaturated/α-hetero) is 1. The number of hydrogen-bond acceptors (Lipinski definition) is 5. The van der Waals surface area contributed by atoms with Crippen molar-refractivity contribution in [1.29, 1.82) is 0 Å². The van der Waals surface area contributed by atoms with E-state index in [9.17, 15) is 14.4 Å². The van der Waals surface area contributed by atoms with Crippen LogP contribution in [0.3, 0.4) is 0 Å². The van der Waals surface area contributed by atoms with E-state index in [-0.39, 0.29) is 26.9 Å². The quantitative estimate of drug-likeness (QED) is 0.655. The minimum Gasteiger partial charge on any atom is -0.320 e. The zero-order valence-electron chi connectivity index (χ0n) is 11.9. The first-order chi connectivity index (χ1) is 11.5. The molecule has 0 atom stereocenters. The predicted octanol–water partition coefficient (Wildman–Crippen LogP) is 3.34. The van der Waals surface area contributed by atoms with E-state index in [1.165, 1.54) is 24.3 Å². The summed E-state index contributed by atoms with van der Waals surface area (Å²) in [4.78, 5) is 40.9. The van der Waals surface area contributed by atoms with Crippen LogP contribution in [0.1, 0.15) is 20.7 Å². The van der Waals surface area contributed by atoms with Crippen molar-refractivity contribution >= 4 is 52.3 Å². The summed E-state index contributed by atoms with van der Waals surface area (Å²) in [5.41, 5.74) is 0.0113. The Morgan fingerprint density at radius 1 is 1.04 bits per heavy atom. The molecule has 2 aromatic rings. The summed E-state index contributed by atoms with van der Waals surface area (Å²) < 4.78 is 0. The molecule has 0 fully saturated rings. The maximum atomic E-state index is 12.4. The van der Waals surface area contributed by atoms with Crippen LogP contribution in [0.25, 0.3) is 0 Å². The van der Waals surface area contributed by atoms with Crippen LogP contribution >= 0.6 is 23.2 Å². The van der Waals surface area contributed by atoms with Gasteiger partial charge in [-0.3, -0.25) is 9.59 Å². The molecule has 0 aliphatic carbocycles. The Kier molecular flexibility index (Phi) is 4.33. The second-order valence-electron chi connectivity index (χ2n) is 4.78. The number of benzene rings is 2. The van der Waals surface area contributed by atoms with Gasteiger partial charge in [0.2, 0.25) is 11.5 Å². The fourth-order valence-corrected chi connectivity index (χ4v) is 2.37. The molecular weight excluding hydrogens is 355 g/mol. The number of carbonyl (C=O) groups excluding carboxylic acids is 3. The molecule has 8 heteroatoms. The predicted molar refractivity (Wildman–Crippen MR) is 88.7 cm³/mol. The van der Waals surface area contributed by atoms with E-state index < -0.39 is 23.4 Å². The van der Waals surface area contributed by atoms with E-state index in [0.29, 0.717) is 0 Å². The largest absolute Gasteiger partial charge is 0.365 e. The van der Waals surface area contributed by atoms with Crippen LogP contribution in [-0.4, -0.2) is 23.4 Å². The molecule has 1 aliphatic rings. The van der Waals surface area contributed by atoms with Gasteiger partial charge in [0.25, 0.3) is 5.91 Å². The molecule has 2 aromatic carbocycles. The highest BCUT2D eigenvalue weighted by atomic mass is 35.5. The maximum Gasteiger partial charge on any atom is 0.365 e. The fraction of sp³-hybridized carbons (Fsp3) is 0. The average Bonchev–Trinajstić information content (AvgIpc) is 2.57. The van der Waals surface area contributed by atoms with Gasteiger partial charge in [-0.1, -0.05) is 46.6 Å². The molecule has 3 rings (SSSR count). The molecule has 0 saturated carbocycles. The number of anilines is 1. The van der Waals surface area contributed by atoms with Gasteiger partial charge in [-0.15, -0.1) is 0 Å². The monoisotopic (exact) mass is 362 g/mol. The van der Waals surface area contributed by atoms with Crippen LogP contribution in [0.15, 0.2) is 47.6 Å². The third-order valence-electron chi connectivity index (χ3n) is 3.21. The van der Waals surface area contributed by atoms with Crippen molar-refractivity contribution in [2.24, 2.45) is 5.16 Å². The minimum absolute atomic E-state index is 0.110. The SMILES string of the molecule is O=C1Nc2cc(Cl)c(Cl)cc2C(=O)C1=NOC(=O)c1ccccc1. The van der Waals surface area contributed by atoms with Crippen molar-refractivity contribution in [3.05, 3.63) is 63.6 Å². The summed E-state index contributed by atoms with van der Waals surface area (Å²) in [6, 6.07) is 10.7. The van der Waals surface area contributed by atoms with E-state index in [1.807, 2.05) is 0 Å². The van der Waals surface area contributed by atoms with Crippen LogP contribution in [0.4, 0.5) is 5.69 Å². The third kappa shape index (κ3) is 3.02. The number of nitrogens with one attached hydrogen (secondary N) is 1. The molecule has 0 aromatic heterocycles. The summed E-state index contributed by atoms with van der Waals surface area (Å²) in [7, 11) is 0. The van der Waals surface area contributed by atoms with Crippen molar-refractivity contribution < 1.29 is 19.2 Å². The van der Waals surface area contributed by atoms with Crippen molar-refractivity contribution in [2.75, 3.05) is 5.32 Å². The summed E-state index contributed by atoms with van der Waals surface area (Å²) in [5.74, 6) is -2.30. The van der Waals surface area contributed by atoms with Crippen LogP contribution in [0, 0.1) is 0 Å². The standard InChI is InChI=1S/C16H8Cl2N2O4/c17-10-6-9-12(7-11(10)18)19-15(22)13(14(9)21)20-24-16(23)8-4-2-1-3-5-8/h1-7H,(H,19,22). The van der Waals surface area contributed by atoms with Crippen LogP contribution < -0.4 is 5.32 Å². The molecule has 0 spiro atoms. The van der Waals surface area contributed by atoms with Gasteiger partial charge in [0, 0.05) is 5.56 Å². The lowest BCUT2D eigenvalue weighted by Crippen LogP contribution is -2.36. The zero-order chi connectivity index (χ0) is 17.3. The molecule has 0 saturated heterocycles. The molecule has 6 nitrogen and oxygen atoms in total. The Bertz CT molecular complexity index is 894. The van der Waals surface area contributed by atoms with Crippen molar-refractivity contribution in [1.82, 2.24) is 0 Å². The van der Waals surface area contributed by atoms with Gasteiger partial charge >= 0.3 is 5.97 Å². The number of carbonyl (C=O) groups is 3. The van der Waals surface area contributed by atoms with E-state index in [0.717, 1.165) is 0 Å². The molecule has 1 heterocycles. The van der Waals surface area contributed by atoms with Gasteiger partial charge in [0.1, 0.15) is 0 Å². The van der Waals surface area contributed by atoms with Crippen LogP contribution in [0.2, 0.25) is 10.0 Å². The number of rotatable bonds is 2. The molecule has 0 radical (unpaired) electrons. The fourth-order valence-electron chi connectivity index (χ4n) is 2.05. The summed E-state index contributed by atoms with van der Waals surface area (Å²) in [5, 5.41) is 6.20. The number of ketones is 1. The van der Waals surface area contributed by atoms with Crippen molar-refractivity contribution in [3.8, 4) is 0 Å². The topological polar surface area (TPSA) is 84.8 Å². The molecular formula is C16H8Cl2N2O4. The van der Waals surface area contributed by atoms with Gasteiger partial charge in [0.05, 0.1) is 21.3 Å². The number of hydrogen-bond donors (Lipinski definition) is 1. The van der Waals surface area contributed by atoms with Gasteiger partial charge < -0.3 is 10.2 Å². The van der Waals surface area contributed by atoms with Crippen molar-refractivity contribution in [2.45, 2.75) is 0 Å². The Balaban J connectivity index is 1.88. The Morgan fingerprint density at radius 3 is 2.42 bits per heavy atom. The molecule has 0 bridgehead atoms. The number of amides is 1. The van der Waals surface area contributed by atoms with Gasteiger partial charge in [-0.05, 0) is 24.3 Å². The number of halogens is 2. The zero-order valence-corrected chi connectivity index (χ0v) is 13.4. The Morgan fingerprint density at radius 2 is 1.71 bits per heavy atom. The lowest BCUT2D eigenvalue weighted by molar-refractivity contribution is -0.110. The Labute approximate surface area is 146 Å². The highest BCUT2D eigenvalue weighted by Gasteiger charge is 2.32. The average molecular weight is 363 g/mol. The highest BCUT2D eigenvalue weighted by Crippen LogP contribution is 2.31. The molecule has 1 aliphatic heterocycles. The second kappa shape index (κ2) is 6.43. The second-order valence-corrected chi connectivity index (χ2v) is 5.59. The van der Waals surface area contributed by atoms with E-state index in [2.05, 4.69) is 15.3 Å². The van der Waals surface area contributed by atoms with E-state index in [1.54, 1.807) is 18.2 Å². The first-order valence-electron chi connectivity index (χ1n) is 6.67. The number of oxime groups is 1. The maximum absolute atomic E-state index is 12.4. The number of fused-ring (bicyclic) bond motifs is 1. The summed E-state index contributed by atoms with van der Waals surface area (Å²) in [6.45, 7) is 0. The highest BCUT2D eigenvalue weighted by molar-refractivity contribution is 6.72. The molecule has 1 N–H and O–H groups in total. The van der Waals surface area contributed by atoms with Gasteiger partial charge in [-0.25, -0.2) is 4.79 Å². The first-order valence-corrected chi connectivity index (χ1v) is 7.42. The third-order valence-corrected chi connectivity index (χ3v) is 3.93. The van der Waals surface area contributed by atoms with Gasteiger partial charge in [-0.2, -0.15) is 0 Å². The smallest absolute Gasteiger partial charge is 0.320 e. The minimum atomic E-state index is -0.799. The molecule has 0 unspecified atom stereocenters. The molecule has 120 valence electrons. The Hall–Kier alpha value is -2.70. The normalized spacial score (nSPS) is 15.0. The van der Waals surface area contributed by atoms with Gasteiger partial charge in [0.15, 0.2) is 0 Å². The van der Waals surface area contributed by atoms with Crippen LogP contribution in [-0.2, 0) is 9.63 Å². The number of nitrogens with zero attached hydrogens (tertiary/aromatic N) is 1. The molecule has 1 amide bonds. The summed E-state index contributed by atoms with van der Waals surface area (Å²) >= 11 is 11.7. The van der Waals surface area contributed by atoms with Crippen LogP contribution in [0.5, 0.6) is 0 Å². The summed E-state index contributed by atoms with van der Waals surface area (Å²) in [6.07, 6.45) is 0. The van der Waals surface area contributed by atoms with E-state index >= 15 is 0 Å². The van der Waals surface area contributed by atoms with E-state index in [4.69, 9.17) is 23.2 Å². The van der Waals surface area contributed by atoms with Crippen molar-refractivity contribution in [3.63, 3.8) is 0 Å². The lowest BCUT2D eigenvalue weighted by Gasteiger charge is -2.17. The first kappa shape index (κ1) is 16.2.